The number of hydrogen-bond acceptors (Lipinski definition) is 3. The Bertz CT molecular complexity index is 542. The molecule has 0 N–H and O–H groups in total. The third-order valence-electron chi connectivity index (χ3n) is 2.97. The summed E-state index contributed by atoms with van der Waals surface area (Å²) in [5.41, 5.74) is 0. The van der Waals surface area contributed by atoms with Crippen molar-refractivity contribution in [2.24, 2.45) is 0 Å². The number of benzene rings is 1. The number of nitrogens with zero attached hydrogens (tertiary/aromatic N) is 2. The number of hydrogen-bond donors (Lipinski definition) is 0. The zero-order valence-corrected chi connectivity index (χ0v) is 13.1. The highest BCUT2D eigenvalue weighted by Crippen LogP contribution is 2.28. The van der Waals surface area contributed by atoms with E-state index in [1.54, 1.807) is 18.2 Å². The second-order valence-electron chi connectivity index (χ2n) is 4.28. The van der Waals surface area contributed by atoms with Crippen LogP contribution >= 0.6 is 27.5 Å². The fourth-order valence-corrected chi connectivity index (χ4v) is 4.29. The molecular formula is C11H14BrClN2O2S. The zero-order valence-electron chi connectivity index (χ0n) is 9.94. The Kier molecular flexibility index (Phi) is 4.33. The largest absolute Gasteiger partial charge is 0.304 e. The highest BCUT2D eigenvalue weighted by atomic mass is 79.9. The Morgan fingerprint density at radius 2 is 1.83 bits per heavy atom. The summed E-state index contributed by atoms with van der Waals surface area (Å²) in [7, 11) is -1.50. The van der Waals surface area contributed by atoms with E-state index in [2.05, 4.69) is 20.8 Å². The lowest BCUT2D eigenvalue weighted by Gasteiger charge is -2.31. The van der Waals surface area contributed by atoms with Crippen LogP contribution in [-0.4, -0.2) is 50.8 Å². The number of halogens is 2. The molecule has 0 spiro atoms. The third-order valence-corrected chi connectivity index (χ3v) is 5.85. The molecule has 1 aromatic carbocycles. The van der Waals surface area contributed by atoms with Crippen LogP contribution in [0.1, 0.15) is 0 Å². The summed E-state index contributed by atoms with van der Waals surface area (Å²) >= 11 is 9.28. The average Bonchev–Trinajstić information content (AvgIpc) is 2.29. The molecule has 1 aliphatic rings. The lowest BCUT2D eigenvalue weighted by atomic mass is 10.4. The van der Waals surface area contributed by atoms with Crippen LogP contribution in [0.25, 0.3) is 0 Å². The van der Waals surface area contributed by atoms with Gasteiger partial charge >= 0.3 is 0 Å². The molecule has 1 saturated heterocycles. The maximum atomic E-state index is 12.4. The zero-order chi connectivity index (χ0) is 13.3. The average molecular weight is 354 g/mol. The van der Waals surface area contributed by atoms with Gasteiger partial charge in [0.1, 0.15) is 4.90 Å². The van der Waals surface area contributed by atoms with Crippen LogP contribution in [0.3, 0.4) is 0 Å². The molecule has 1 fully saturated rings. The van der Waals surface area contributed by atoms with Gasteiger partial charge in [0.05, 0.1) is 5.02 Å². The summed E-state index contributed by atoms with van der Waals surface area (Å²) in [4.78, 5) is 2.28. The highest BCUT2D eigenvalue weighted by Gasteiger charge is 2.29. The van der Waals surface area contributed by atoms with Crippen molar-refractivity contribution in [1.82, 2.24) is 9.21 Å². The molecule has 0 bridgehead atoms. The van der Waals surface area contributed by atoms with E-state index in [1.165, 1.54) is 4.31 Å². The lowest BCUT2D eigenvalue weighted by molar-refractivity contribution is 0.222. The van der Waals surface area contributed by atoms with Crippen molar-refractivity contribution >= 4 is 37.6 Å². The standard InChI is InChI=1S/C11H14BrClN2O2S/c1-14-4-6-15(7-5-14)18(16,17)11-3-2-9(12)8-10(11)13/h2-3,8H,4-7H2,1H3. The molecule has 1 aromatic rings. The molecule has 4 nitrogen and oxygen atoms in total. The van der Waals surface area contributed by atoms with Gasteiger partial charge in [-0.25, -0.2) is 8.42 Å². The Morgan fingerprint density at radius 3 is 2.39 bits per heavy atom. The van der Waals surface area contributed by atoms with Gasteiger partial charge in [-0.2, -0.15) is 4.31 Å². The summed E-state index contributed by atoms with van der Waals surface area (Å²) in [6.07, 6.45) is 0. The minimum Gasteiger partial charge on any atom is -0.304 e. The van der Waals surface area contributed by atoms with Crippen LogP contribution in [0.2, 0.25) is 5.02 Å². The van der Waals surface area contributed by atoms with Gasteiger partial charge in [-0.15, -0.1) is 0 Å². The van der Waals surface area contributed by atoms with Crippen molar-refractivity contribution in [3.8, 4) is 0 Å². The fraction of sp³-hybridized carbons (Fsp3) is 0.455. The molecule has 0 aromatic heterocycles. The van der Waals surface area contributed by atoms with E-state index in [0.29, 0.717) is 13.1 Å². The third kappa shape index (κ3) is 2.88. The second-order valence-corrected chi connectivity index (χ2v) is 7.51. The molecule has 0 aliphatic carbocycles. The Balaban J connectivity index is 2.30. The van der Waals surface area contributed by atoms with Crippen molar-refractivity contribution in [2.75, 3.05) is 33.2 Å². The van der Waals surface area contributed by atoms with E-state index < -0.39 is 10.0 Å². The Morgan fingerprint density at radius 1 is 1.22 bits per heavy atom. The smallest absolute Gasteiger partial charge is 0.244 e. The quantitative estimate of drug-likeness (QED) is 0.817. The van der Waals surface area contributed by atoms with Gasteiger partial charge < -0.3 is 4.90 Å². The van der Waals surface area contributed by atoms with E-state index in [1.807, 2.05) is 7.05 Å². The first-order valence-corrected chi connectivity index (χ1v) is 8.16. The molecule has 1 aliphatic heterocycles. The summed E-state index contributed by atoms with van der Waals surface area (Å²) in [5.74, 6) is 0. The van der Waals surface area contributed by atoms with E-state index in [9.17, 15) is 8.42 Å². The van der Waals surface area contributed by atoms with E-state index in [0.717, 1.165) is 17.6 Å². The van der Waals surface area contributed by atoms with Gasteiger partial charge in [-0.3, -0.25) is 0 Å². The van der Waals surface area contributed by atoms with Crippen LogP contribution in [0.4, 0.5) is 0 Å². The SMILES string of the molecule is CN1CCN(S(=O)(=O)c2ccc(Br)cc2Cl)CC1. The van der Waals surface area contributed by atoms with Crippen LogP contribution in [0.15, 0.2) is 27.6 Å². The number of likely N-dealkylation sites (N-methyl/N-ethyl adjacent to an activating group) is 1. The molecular weight excluding hydrogens is 340 g/mol. The van der Waals surface area contributed by atoms with Crippen LogP contribution < -0.4 is 0 Å². The predicted octanol–water partition coefficient (Wildman–Crippen LogP) is 2.04. The van der Waals surface area contributed by atoms with E-state index in [4.69, 9.17) is 11.6 Å². The minimum absolute atomic E-state index is 0.178. The molecule has 18 heavy (non-hydrogen) atoms. The number of rotatable bonds is 2. The highest BCUT2D eigenvalue weighted by molar-refractivity contribution is 9.10. The molecule has 2 rings (SSSR count). The van der Waals surface area contributed by atoms with Crippen LogP contribution in [0, 0.1) is 0 Å². The van der Waals surface area contributed by atoms with E-state index >= 15 is 0 Å². The second kappa shape index (κ2) is 5.46. The minimum atomic E-state index is -3.48. The molecule has 0 atom stereocenters. The predicted molar refractivity (Wildman–Crippen MR) is 75.4 cm³/mol. The number of sulfonamides is 1. The molecule has 7 heteroatoms. The van der Waals surface area contributed by atoms with Crippen molar-refractivity contribution < 1.29 is 8.42 Å². The molecule has 0 radical (unpaired) electrons. The van der Waals surface area contributed by atoms with E-state index in [-0.39, 0.29) is 9.92 Å². The molecule has 100 valence electrons. The summed E-state index contributed by atoms with van der Waals surface area (Å²) in [6.45, 7) is 2.50. The first-order valence-electron chi connectivity index (χ1n) is 5.55. The van der Waals surface area contributed by atoms with Crippen molar-refractivity contribution in [1.29, 1.82) is 0 Å². The molecule has 0 amide bonds. The summed E-state index contributed by atoms with van der Waals surface area (Å²) in [5, 5.41) is 0.253. The summed E-state index contributed by atoms with van der Waals surface area (Å²) in [6, 6.07) is 4.83. The van der Waals surface area contributed by atoms with Gasteiger partial charge in [0.25, 0.3) is 0 Å². The van der Waals surface area contributed by atoms with Crippen molar-refractivity contribution in [3.05, 3.63) is 27.7 Å². The van der Waals surface area contributed by atoms with Gasteiger partial charge in [0.2, 0.25) is 10.0 Å². The van der Waals surface area contributed by atoms with Crippen molar-refractivity contribution in [2.45, 2.75) is 4.90 Å². The first kappa shape index (κ1) is 14.3. The topological polar surface area (TPSA) is 40.6 Å². The maximum absolute atomic E-state index is 12.4. The van der Waals surface area contributed by atoms with Gasteiger partial charge in [0.15, 0.2) is 0 Å². The van der Waals surface area contributed by atoms with Crippen LogP contribution in [0.5, 0.6) is 0 Å². The van der Waals surface area contributed by atoms with Crippen molar-refractivity contribution in [3.63, 3.8) is 0 Å². The molecule has 1 heterocycles. The van der Waals surface area contributed by atoms with Gasteiger partial charge in [0, 0.05) is 30.7 Å². The lowest BCUT2D eigenvalue weighted by Crippen LogP contribution is -2.47. The molecule has 0 saturated carbocycles. The fourth-order valence-electron chi connectivity index (χ4n) is 1.85. The number of piperazine rings is 1. The van der Waals surface area contributed by atoms with Crippen LogP contribution in [-0.2, 0) is 10.0 Å². The first-order chi connectivity index (χ1) is 8.41. The Labute approximate surface area is 121 Å². The normalized spacial score (nSPS) is 19.1. The maximum Gasteiger partial charge on any atom is 0.244 e. The Hall–Kier alpha value is -0.140. The van der Waals surface area contributed by atoms with Gasteiger partial charge in [-0.1, -0.05) is 27.5 Å². The monoisotopic (exact) mass is 352 g/mol. The molecule has 0 unspecified atom stereocenters. The summed E-state index contributed by atoms with van der Waals surface area (Å²) < 4.78 is 27.1. The van der Waals surface area contributed by atoms with Gasteiger partial charge in [-0.05, 0) is 25.2 Å².